The zero-order valence-corrected chi connectivity index (χ0v) is 20.9. The Morgan fingerprint density at radius 3 is 2.47 bits per heavy atom. The van der Waals surface area contributed by atoms with Gasteiger partial charge in [0.15, 0.2) is 6.61 Å². The molecule has 0 radical (unpaired) electrons. The van der Waals surface area contributed by atoms with Crippen LogP contribution < -0.4 is 25.0 Å². The van der Waals surface area contributed by atoms with Crippen LogP contribution in [0.2, 0.25) is 10.0 Å². The van der Waals surface area contributed by atoms with Crippen LogP contribution in [0.25, 0.3) is 0 Å². The number of nitrogens with zero attached hydrogens (tertiary/aromatic N) is 1. The van der Waals surface area contributed by atoms with Gasteiger partial charge in [-0.2, -0.15) is 0 Å². The summed E-state index contributed by atoms with van der Waals surface area (Å²) in [5.41, 5.74) is 3.98. The molecule has 2 amide bonds. The summed E-state index contributed by atoms with van der Waals surface area (Å²) >= 11 is 12.6. The Hall–Kier alpha value is -3.66. The predicted molar refractivity (Wildman–Crippen MR) is 135 cm³/mol. The lowest BCUT2D eigenvalue weighted by atomic mass is 10.0. The monoisotopic (exact) mass is 531 g/mol. The van der Waals surface area contributed by atoms with E-state index >= 15 is 0 Å². The smallest absolute Gasteiger partial charge is 0.261 e. The molecule has 1 atom stereocenters. The molecule has 188 valence electrons. The van der Waals surface area contributed by atoms with E-state index in [-0.39, 0.29) is 28.9 Å². The molecular formula is C25H23Cl2N3O6. The van der Waals surface area contributed by atoms with Gasteiger partial charge in [0.25, 0.3) is 11.8 Å². The topological polar surface area (TPSA) is 109 Å². The van der Waals surface area contributed by atoms with Crippen molar-refractivity contribution in [3.63, 3.8) is 0 Å². The first-order valence-electron chi connectivity index (χ1n) is 10.8. The molecule has 0 saturated carbocycles. The quantitative estimate of drug-likeness (QED) is 0.371. The van der Waals surface area contributed by atoms with Crippen LogP contribution in [0.1, 0.15) is 17.2 Å². The standard InChI is InChI=1S/C25H23Cl2N3O6/c1-34-17-8-3-14(20(11-17)35-2)12-30-21(31)13-36-24-18(9-10-19(26)22(24)27)23(30)25(32)28-15-4-6-16(29-33)7-5-15/h3-11,23,29,33H,12-13H2,1-2H3,(H,28,32). The largest absolute Gasteiger partial charge is 0.497 e. The number of rotatable bonds is 7. The first-order chi connectivity index (χ1) is 17.4. The molecule has 1 aliphatic rings. The Labute approximate surface area is 217 Å². The number of anilines is 2. The van der Waals surface area contributed by atoms with E-state index in [9.17, 15) is 9.59 Å². The van der Waals surface area contributed by atoms with Gasteiger partial charge in [-0.25, -0.2) is 0 Å². The van der Waals surface area contributed by atoms with E-state index in [1.807, 2.05) is 5.48 Å². The van der Waals surface area contributed by atoms with Crippen LogP contribution in [0.4, 0.5) is 11.4 Å². The van der Waals surface area contributed by atoms with Crippen molar-refractivity contribution in [2.24, 2.45) is 0 Å². The van der Waals surface area contributed by atoms with Crippen molar-refractivity contribution >= 4 is 46.4 Å². The molecule has 1 aliphatic heterocycles. The van der Waals surface area contributed by atoms with E-state index in [0.29, 0.717) is 34.0 Å². The molecule has 3 N–H and O–H groups in total. The highest BCUT2D eigenvalue weighted by molar-refractivity contribution is 6.43. The van der Waals surface area contributed by atoms with Crippen molar-refractivity contribution in [1.29, 1.82) is 0 Å². The van der Waals surface area contributed by atoms with Gasteiger partial charge in [-0.15, -0.1) is 0 Å². The van der Waals surface area contributed by atoms with Gasteiger partial charge in [0.05, 0.1) is 31.5 Å². The van der Waals surface area contributed by atoms with E-state index < -0.39 is 17.9 Å². The molecule has 4 rings (SSSR count). The first-order valence-corrected chi connectivity index (χ1v) is 11.5. The number of carbonyl (C=O) groups is 2. The molecule has 3 aromatic carbocycles. The van der Waals surface area contributed by atoms with Crippen LogP contribution in [0.5, 0.6) is 17.2 Å². The molecule has 3 aromatic rings. The predicted octanol–water partition coefficient (Wildman–Crippen LogP) is 4.91. The fraction of sp³-hybridized carbons (Fsp3) is 0.200. The van der Waals surface area contributed by atoms with Gasteiger partial charge in [0.2, 0.25) is 0 Å². The fourth-order valence-electron chi connectivity index (χ4n) is 3.90. The minimum atomic E-state index is -1.10. The van der Waals surface area contributed by atoms with Gasteiger partial charge in [0.1, 0.15) is 28.3 Å². The molecule has 1 unspecified atom stereocenters. The number of hydrogen-bond donors (Lipinski definition) is 3. The van der Waals surface area contributed by atoms with Crippen LogP contribution in [0.3, 0.4) is 0 Å². The van der Waals surface area contributed by atoms with E-state index in [0.717, 1.165) is 0 Å². The van der Waals surface area contributed by atoms with Crippen molar-refractivity contribution in [1.82, 2.24) is 4.90 Å². The maximum Gasteiger partial charge on any atom is 0.261 e. The highest BCUT2D eigenvalue weighted by Crippen LogP contribution is 2.42. The number of halogens is 2. The first kappa shape index (κ1) is 25.4. The molecule has 11 heteroatoms. The zero-order chi connectivity index (χ0) is 25.8. The summed E-state index contributed by atoms with van der Waals surface area (Å²) in [6.07, 6.45) is 0. The molecule has 0 aliphatic carbocycles. The molecule has 0 saturated heterocycles. The van der Waals surface area contributed by atoms with Crippen molar-refractivity contribution in [3.05, 3.63) is 75.8 Å². The average Bonchev–Trinajstić information content (AvgIpc) is 3.03. The Morgan fingerprint density at radius 2 is 1.81 bits per heavy atom. The average molecular weight is 532 g/mol. The van der Waals surface area contributed by atoms with Gasteiger partial charge >= 0.3 is 0 Å². The number of carbonyl (C=O) groups excluding carboxylic acids is 2. The van der Waals surface area contributed by atoms with Crippen LogP contribution >= 0.6 is 23.2 Å². The van der Waals surface area contributed by atoms with Crippen LogP contribution in [-0.4, -0.2) is 42.7 Å². The Kier molecular flexibility index (Phi) is 7.73. The molecule has 0 bridgehead atoms. The van der Waals surface area contributed by atoms with Crippen molar-refractivity contribution < 1.29 is 29.0 Å². The number of ether oxygens (including phenoxy) is 3. The fourth-order valence-corrected chi connectivity index (χ4v) is 4.28. The molecular weight excluding hydrogens is 509 g/mol. The third kappa shape index (κ3) is 5.13. The summed E-state index contributed by atoms with van der Waals surface area (Å²) < 4.78 is 16.5. The lowest BCUT2D eigenvalue weighted by molar-refractivity contribution is -0.140. The van der Waals surface area contributed by atoms with Crippen LogP contribution in [-0.2, 0) is 16.1 Å². The zero-order valence-electron chi connectivity index (χ0n) is 19.4. The molecule has 36 heavy (non-hydrogen) atoms. The van der Waals surface area contributed by atoms with E-state index in [4.69, 9.17) is 42.6 Å². The Bertz CT molecular complexity index is 1290. The third-order valence-corrected chi connectivity index (χ3v) is 6.50. The lowest BCUT2D eigenvalue weighted by Gasteiger charge is -2.30. The van der Waals surface area contributed by atoms with Crippen molar-refractivity contribution in [3.8, 4) is 17.2 Å². The number of amides is 2. The van der Waals surface area contributed by atoms with E-state index in [2.05, 4.69) is 5.32 Å². The second kappa shape index (κ2) is 10.9. The summed E-state index contributed by atoms with van der Waals surface area (Å²) in [7, 11) is 3.05. The Balaban J connectivity index is 1.77. The van der Waals surface area contributed by atoms with Gasteiger partial charge in [0, 0.05) is 22.9 Å². The summed E-state index contributed by atoms with van der Waals surface area (Å²) in [5.74, 6) is 0.319. The minimum Gasteiger partial charge on any atom is -0.497 e. The minimum absolute atomic E-state index is 0.0422. The maximum atomic E-state index is 13.7. The van der Waals surface area contributed by atoms with Crippen molar-refractivity contribution in [2.75, 3.05) is 31.6 Å². The van der Waals surface area contributed by atoms with Gasteiger partial charge in [-0.05, 0) is 42.5 Å². The van der Waals surface area contributed by atoms with Gasteiger partial charge in [-0.3, -0.25) is 20.3 Å². The number of methoxy groups -OCH3 is 2. The van der Waals surface area contributed by atoms with Crippen LogP contribution in [0.15, 0.2) is 54.6 Å². The normalized spacial score (nSPS) is 14.9. The lowest BCUT2D eigenvalue weighted by Crippen LogP contribution is -2.41. The second-order valence-corrected chi connectivity index (χ2v) is 8.63. The third-order valence-electron chi connectivity index (χ3n) is 5.71. The summed E-state index contributed by atoms with van der Waals surface area (Å²) in [4.78, 5) is 28.4. The van der Waals surface area contributed by atoms with E-state index in [1.54, 1.807) is 61.7 Å². The Morgan fingerprint density at radius 1 is 1.08 bits per heavy atom. The van der Waals surface area contributed by atoms with Gasteiger partial charge in [-0.1, -0.05) is 29.3 Å². The van der Waals surface area contributed by atoms with Crippen LogP contribution in [0, 0.1) is 0 Å². The maximum absolute atomic E-state index is 13.7. The number of hydrogen-bond acceptors (Lipinski definition) is 7. The number of nitrogens with one attached hydrogen (secondary N) is 2. The number of fused-ring (bicyclic) bond motifs is 1. The molecule has 1 heterocycles. The van der Waals surface area contributed by atoms with Gasteiger partial charge < -0.3 is 24.4 Å². The molecule has 0 fully saturated rings. The highest BCUT2D eigenvalue weighted by atomic mass is 35.5. The van der Waals surface area contributed by atoms with E-state index in [1.165, 1.54) is 12.0 Å². The summed E-state index contributed by atoms with van der Waals surface area (Å²) in [5, 5.41) is 12.2. The van der Waals surface area contributed by atoms with Crippen molar-refractivity contribution in [2.45, 2.75) is 12.6 Å². The highest BCUT2D eigenvalue weighted by Gasteiger charge is 2.38. The second-order valence-electron chi connectivity index (χ2n) is 7.85. The molecule has 0 spiro atoms. The summed E-state index contributed by atoms with van der Waals surface area (Å²) in [6, 6.07) is 13.7. The number of benzene rings is 3. The summed E-state index contributed by atoms with van der Waals surface area (Å²) in [6.45, 7) is -0.299. The molecule has 9 nitrogen and oxygen atoms in total. The molecule has 0 aromatic heterocycles. The SMILES string of the molecule is COc1ccc(CN2C(=O)COc3c(ccc(Cl)c3Cl)C2C(=O)Nc2ccc(NO)cc2)c(OC)c1.